The Morgan fingerprint density at radius 2 is 1.33 bits per heavy atom. The molecule has 0 aliphatic carbocycles. The molecule has 0 bridgehead atoms. The van der Waals surface area contributed by atoms with Gasteiger partial charge in [0.05, 0.1) is 0 Å². The topological polar surface area (TPSA) is 69.6 Å². The molecule has 0 aromatic rings. The SMILES string of the molecule is CC(C)(CO)CCCCNC(=O)CCCCC(C)(C)CO. The van der Waals surface area contributed by atoms with Crippen molar-refractivity contribution in [2.75, 3.05) is 19.8 Å². The average molecular weight is 301 g/mol. The van der Waals surface area contributed by atoms with Crippen molar-refractivity contribution in [1.82, 2.24) is 5.32 Å². The van der Waals surface area contributed by atoms with Crippen LogP contribution in [0.15, 0.2) is 0 Å². The number of carbonyl (C=O) groups excluding carboxylic acids is 1. The summed E-state index contributed by atoms with van der Waals surface area (Å²) in [4.78, 5) is 11.7. The van der Waals surface area contributed by atoms with Crippen LogP contribution < -0.4 is 5.32 Å². The summed E-state index contributed by atoms with van der Waals surface area (Å²) in [5, 5.41) is 21.2. The van der Waals surface area contributed by atoms with Crippen molar-refractivity contribution in [2.24, 2.45) is 10.8 Å². The van der Waals surface area contributed by atoms with E-state index in [-0.39, 0.29) is 30.0 Å². The first-order valence-corrected chi connectivity index (χ1v) is 8.21. The maximum atomic E-state index is 11.7. The zero-order chi connectivity index (χ0) is 16.4. The quantitative estimate of drug-likeness (QED) is 0.485. The van der Waals surface area contributed by atoms with E-state index >= 15 is 0 Å². The Morgan fingerprint density at radius 3 is 1.81 bits per heavy atom. The monoisotopic (exact) mass is 301 g/mol. The van der Waals surface area contributed by atoms with Crippen LogP contribution in [0.5, 0.6) is 0 Å². The van der Waals surface area contributed by atoms with Crippen LogP contribution in [0.1, 0.15) is 72.6 Å². The summed E-state index contributed by atoms with van der Waals surface area (Å²) >= 11 is 0. The van der Waals surface area contributed by atoms with E-state index < -0.39 is 0 Å². The number of amides is 1. The molecule has 126 valence electrons. The predicted molar refractivity (Wildman–Crippen MR) is 87.1 cm³/mol. The van der Waals surface area contributed by atoms with Crippen molar-refractivity contribution >= 4 is 5.91 Å². The molecule has 0 fully saturated rings. The van der Waals surface area contributed by atoms with Crippen molar-refractivity contribution in [1.29, 1.82) is 0 Å². The summed E-state index contributed by atoms with van der Waals surface area (Å²) in [6, 6.07) is 0. The number of rotatable bonds is 12. The van der Waals surface area contributed by atoms with Crippen LogP contribution in [0.4, 0.5) is 0 Å². The third-order valence-corrected chi connectivity index (χ3v) is 3.97. The molecule has 4 nitrogen and oxygen atoms in total. The molecular formula is C17H35NO3. The second-order valence-electron chi connectivity index (χ2n) is 7.66. The first kappa shape index (κ1) is 20.4. The van der Waals surface area contributed by atoms with Gasteiger partial charge in [0.25, 0.3) is 0 Å². The Morgan fingerprint density at radius 1 is 0.857 bits per heavy atom. The van der Waals surface area contributed by atoms with Gasteiger partial charge in [-0.2, -0.15) is 0 Å². The highest BCUT2D eigenvalue weighted by Gasteiger charge is 2.16. The fourth-order valence-electron chi connectivity index (χ4n) is 2.09. The summed E-state index contributed by atoms with van der Waals surface area (Å²) in [5.74, 6) is 0.123. The third-order valence-electron chi connectivity index (χ3n) is 3.97. The van der Waals surface area contributed by atoms with Crippen LogP contribution >= 0.6 is 0 Å². The van der Waals surface area contributed by atoms with Gasteiger partial charge in [0, 0.05) is 26.2 Å². The first-order chi connectivity index (χ1) is 9.72. The van der Waals surface area contributed by atoms with Crippen LogP contribution in [-0.2, 0) is 4.79 Å². The van der Waals surface area contributed by atoms with Gasteiger partial charge in [0.1, 0.15) is 0 Å². The van der Waals surface area contributed by atoms with Gasteiger partial charge < -0.3 is 15.5 Å². The maximum Gasteiger partial charge on any atom is 0.219 e. The molecule has 0 radical (unpaired) electrons. The molecular weight excluding hydrogens is 266 g/mol. The molecule has 4 heteroatoms. The summed E-state index contributed by atoms with van der Waals surface area (Å²) in [5.41, 5.74) is -0.0422. The maximum absolute atomic E-state index is 11.7. The molecule has 0 aromatic carbocycles. The molecule has 0 saturated carbocycles. The fourth-order valence-corrected chi connectivity index (χ4v) is 2.09. The highest BCUT2D eigenvalue weighted by Crippen LogP contribution is 2.23. The molecule has 3 N–H and O–H groups in total. The number of hydrogen-bond donors (Lipinski definition) is 3. The predicted octanol–water partition coefficient (Wildman–Crippen LogP) is 2.87. The minimum Gasteiger partial charge on any atom is -0.396 e. The third kappa shape index (κ3) is 11.7. The van der Waals surface area contributed by atoms with E-state index in [4.69, 9.17) is 10.2 Å². The summed E-state index contributed by atoms with van der Waals surface area (Å²) < 4.78 is 0. The van der Waals surface area contributed by atoms with Crippen molar-refractivity contribution in [3.05, 3.63) is 0 Å². The lowest BCUT2D eigenvalue weighted by Gasteiger charge is -2.21. The lowest BCUT2D eigenvalue weighted by atomic mass is 9.88. The molecule has 0 unspecified atom stereocenters. The summed E-state index contributed by atoms with van der Waals surface area (Å²) in [7, 11) is 0. The van der Waals surface area contributed by atoms with Crippen molar-refractivity contribution in [2.45, 2.75) is 72.6 Å². The summed E-state index contributed by atoms with van der Waals surface area (Å²) in [6.45, 7) is 9.33. The molecule has 0 saturated heterocycles. The van der Waals surface area contributed by atoms with E-state index in [9.17, 15) is 4.79 Å². The van der Waals surface area contributed by atoms with Crippen LogP contribution in [0.3, 0.4) is 0 Å². The second-order valence-corrected chi connectivity index (χ2v) is 7.66. The van der Waals surface area contributed by atoms with Crippen LogP contribution in [0, 0.1) is 10.8 Å². The molecule has 0 aromatic heterocycles. The number of carbonyl (C=O) groups is 1. The van der Waals surface area contributed by atoms with Gasteiger partial charge >= 0.3 is 0 Å². The second kappa shape index (κ2) is 10.2. The van der Waals surface area contributed by atoms with Gasteiger partial charge in [0.2, 0.25) is 5.91 Å². The lowest BCUT2D eigenvalue weighted by molar-refractivity contribution is -0.121. The molecule has 0 aliphatic rings. The Labute approximate surface area is 130 Å². The molecule has 0 rings (SSSR count). The molecule has 21 heavy (non-hydrogen) atoms. The number of aliphatic hydroxyl groups excluding tert-OH is 2. The van der Waals surface area contributed by atoms with Crippen molar-refractivity contribution < 1.29 is 15.0 Å². The smallest absolute Gasteiger partial charge is 0.219 e. The van der Waals surface area contributed by atoms with Gasteiger partial charge in [-0.05, 0) is 36.5 Å². The van der Waals surface area contributed by atoms with E-state index in [1.54, 1.807) is 0 Å². The Kier molecular flexibility index (Phi) is 9.88. The fraction of sp³-hybridized carbons (Fsp3) is 0.941. The normalized spacial score (nSPS) is 12.5. The van der Waals surface area contributed by atoms with Crippen LogP contribution in [0.2, 0.25) is 0 Å². The lowest BCUT2D eigenvalue weighted by Crippen LogP contribution is -2.25. The summed E-state index contributed by atoms with van der Waals surface area (Å²) in [6.07, 6.45) is 6.36. The Bertz CT molecular complexity index is 288. The standard InChI is InChI=1S/C17H35NO3/c1-16(2,13-19)10-6-5-9-15(21)18-12-8-7-11-17(3,4)14-20/h19-20H,5-14H2,1-4H3,(H,18,21). The van der Waals surface area contributed by atoms with E-state index in [1.807, 2.05) is 13.8 Å². The number of hydrogen-bond acceptors (Lipinski definition) is 3. The molecule has 0 aliphatic heterocycles. The highest BCUT2D eigenvalue weighted by atomic mass is 16.3. The zero-order valence-electron chi connectivity index (χ0n) is 14.4. The van der Waals surface area contributed by atoms with Crippen molar-refractivity contribution in [3.63, 3.8) is 0 Å². The Balaban J connectivity index is 3.51. The molecule has 0 spiro atoms. The van der Waals surface area contributed by atoms with Crippen LogP contribution in [0.25, 0.3) is 0 Å². The first-order valence-electron chi connectivity index (χ1n) is 8.21. The number of unbranched alkanes of at least 4 members (excludes halogenated alkanes) is 2. The minimum atomic E-state index is -0.0318. The highest BCUT2D eigenvalue weighted by molar-refractivity contribution is 5.75. The number of aliphatic hydroxyl groups is 2. The van der Waals surface area contributed by atoms with Gasteiger partial charge in [0.15, 0.2) is 0 Å². The van der Waals surface area contributed by atoms with E-state index in [0.717, 1.165) is 45.1 Å². The minimum absolute atomic E-state index is 0.0104. The van der Waals surface area contributed by atoms with Crippen LogP contribution in [-0.4, -0.2) is 35.9 Å². The van der Waals surface area contributed by atoms with E-state index in [0.29, 0.717) is 6.42 Å². The zero-order valence-corrected chi connectivity index (χ0v) is 14.4. The van der Waals surface area contributed by atoms with E-state index in [1.165, 1.54) is 0 Å². The Hall–Kier alpha value is -0.610. The van der Waals surface area contributed by atoms with Gasteiger partial charge in [-0.1, -0.05) is 40.5 Å². The van der Waals surface area contributed by atoms with Gasteiger partial charge in [-0.25, -0.2) is 0 Å². The average Bonchev–Trinajstić information content (AvgIpc) is 2.43. The van der Waals surface area contributed by atoms with E-state index in [2.05, 4.69) is 19.2 Å². The van der Waals surface area contributed by atoms with Gasteiger partial charge in [-0.15, -0.1) is 0 Å². The number of nitrogens with one attached hydrogen (secondary N) is 1. The van der Waals surface area contributed by atoms with Crippen molar-refractivity contribution in [3.8, 4) is 0 Å². The largest absolute Gasteiger partial charge is 0.396 e. The molecule has 1 amide bonds. The molecule has 0 atom stereocenters. The van der Waals surface area contributed by atoms with Gasteiger partial charge in [-0.3, -0.25) is 4.79 Å². The molecule has 0 heterocycles.